The van der Waals surface area contributed by atoms with Crippen LogP contribution in [0.3, 0.4) is 0 Å². The molecule has 0 spiro atoms. The van der Waals surface area contributed by atoms with Gasteiger partial charge in [0.2, 0.25) is 0 Å². The molecule has 0 aliphatic rings. The summed E-state index contributed by atoms with van der Waals surface area (Å²) in [5.41, 5.74) is 0.624. The van der Waals surface area contributed by atoms with Crippen LogP contribution >= 0.6 is 11.8 Å². The molecule has 3 heteroatoms. The summed E-state index contributed by atoms with van der Waals surface area (Å²) in [6.45, 7) is 0. The van der Waals surface area contributed by atoms with Crippen LogP contribution in [0.2, 0.25) is 0 Å². The molecule has 0 heterocycles. The summed E-state index contributed by atoms with van der Waals surface area (Å²) in [5.74, 6) is 0.725. The first-order valence-electron chi connectivity index (χ1n) is 5.19. The zero-order valence-electron chi connectivity index (χ0n) is 9.42. The Morgan fingerprint density at radius 1 is 1.12 bits per heavy atom. The van der Waals surface area contributed by atoms with Gasteiger partial charge in [-0.05, 0) is 24.3 Å². The van der Waals surface area contributed by atoms with Gasteiger partial charge in [0, 0.05) is 10.5 Å². The van der Waals surface area contributed by atoms with Gasteiger partial charge in [-0.15, -0.1) is 0 Å². The minimum atomic E-state index is 0.624. The van der Waals surface area contributed by atoms with Crippen LogP contribution in [0.1, 0.15) is 10.4 Å². The molecule has 0 radical (unpaired) electrons. The molecule has 0 N–H and O–H groups in total. The summed E-state index contributed by atoms with van der Waals surface area (Å²) in [4.78, 5) is 12.8. The van der Waals surface area contributed by atoms with Crippen molar-refractivity contribution in [1.29, 1.82) is 0 Å². The lowest BCUT2D eigenvalue weighted by atomic mass is 10.2. The number of aldehydes is 1. The van der Waals surface area contributed by atoms with E-state index in [1.54, 1.807) is 31.0 Å². The van der Waals surface area contributed by atoms with Crippen LogP contribution in [0, 0.1) is 0 Å². The van der Waals surface area contributed by atoms with E-state index in [9.17, 15) is 4.79 Å². The van der Waals surface area contributed by atoms with E-state index in [-0.39, 0.29) is 0 Å². The van der Waals surface area contributed by atoms with Gasteiger partial charge in [0.1, 0.15) is 12.0 Å². The van der Waals surface area contributed by atoms with Gasteiger partial charge in [-0.3, -0.25) is 4.79 Å². The van der Waals surface area contributed by atoms with Gasteiger partial charge in [0.25, 0.3) is 0 Å². The Morgan fingerprint density at radius 2 is 1.88 bits per heavy atom. The van der Waals surface area contributed by atoms with E-state index in [0.29, 0.717) is 5.56 Å². The molecule has 0 saturated heterocycles. The lowest BCUT2D eigenvalue weighted by molar-refractivity contribution is 0.112. The quantitative estimate of drug-likeness (QED) is 0.768. The number of carbonyl (C=O) groups is 1. The first-order chi connectivity index (χ1) is 8.33. The molecule has 2 rings (SSSR count). The second-order valence-corrected chi connectivity index (χ2v) is 4.56. The van der Waals surface area contributed by atoms with Crippen LogP contribution in [0.4, 0.5) is 0 Å². The monoisotopic (exact) mass is 244 g/mol. The van der Waals surface area contributed by atoms with Crippen LogP contribution < -0.4 is 4.74 Å². The predicted octanol–water partition coefficient (Wildman–Crippen LogP) is 3.66. The van der Waals surface area contributed by atoms with Crippen molar-refractivity contribution in [2.75, 3.05) is 7.11 Å². The summed E-state index contributed by atoms with van der Waals surface area (Å²) in [6.07, 6.45) is 0.819. The third-order valence-electron chi connectivity index (χ3n) is 2.29. The molecule has 2 aromatic rings. The van der Waals surface area contributed by atoms with E-state index in [0.717, 1.165) is 21.8 Å². The highest BCUT2D eigenvalue weighted by Crippen LogP contribution is 2.34. The van der Waals surface area contributed by atoms with Gasteiger partial charge < -0.3 is 4.74 Å². The Hall–Kier alpha value is -1.74. The topological polar surface area (TPSA) is 26.3 Å². The molecule has 0 saturated carbocycles. The summed E-state index contributed by atoms with van der Waals surface area (Å²) >= 11 is 1.62. The van der Waals surface area contributed by atoms with Gasteiger partial charge in [0.15, 0.2) is 0 Å². The number of ether oxygens (including phenoxy) is 1. The molecule has 0 aromatic heterocycles. The Kier molecular flexibility index (Phi) is 3.83. The maximum atomic E-state index is 10.7. The van der Waals surface area contributed by atoms with Crippen LogP contribution in [0.25, 0.3) is 0 Å². The van der Waals surface area contributed by atoms with Gasteiger partial charge in [-0.1, -0.05) is 36.0 Å². The van der Waals surface area contributed by atoms with E-state index < -0.39 is 0 Å². The highest BCUT2D eigenvalue weighted by atomic mass is 32.2. The number of hydrogen-bond acceptors (Lipinski definition) is 3. The molecule has 0 bridgehead atoms. The molecule has 86 valence electrons. The Morgan fingerprint density at radius 3 is 2.53 bits per heavy atom. The first kappa shape index (κ1) is 11.7. The van der Waals surface area contributed by atoms with Crippen LogP contribution in [-0.4, -0.2) is 13.4 Å². The standard InChI is InChI=1S/C14H12O2S/c1-16-13-9-11(10-15)7-8-14(13)17-12-5-3-2-4-6-12/h2-10H,1H3. The van der Waals surface area contributed by atoms with Crippen LogP contribution in [0.15, 0.2) is 58.3 Å². The Labute approximate surface area is 105 Å². The maximum Gasteiger partial charge on any atom is 0.150 e. The molecule has 17 heavy (non-hydrogen) atoms. The summed E-state index contributed by atoms with van der Waals surface area (Å²) in [6, 6.07) is 15.5. The molecule has 0 aliphatic heterocycles. The van der Waals surface area contributed by atoms with Gasteiger partial charge >= 0.3 is 0 Å². The van der Waals surface area contributed by atoms with Crippen LogP contribution in [-0.2, 0) is 0 Å². The Bertz CT molecular complexity index is 509. The van der Waals surface area contributed by atoms with Gasteiger partial charge in [0.05, 0.1) is 12.0 Å². The molecule has 0 atom stereocenters. The molecule has 2 nitrogen and oxygen atoms in total. The molecule has 0 aliphatic carbocycles. The predicted molar refractivity (Wildman–Crippen MR) is 68.9 cm³/mol. The normalized spacial score (nSPS) is 9.94. The zero-order valence-corrected chi connectivity index (χ0v) is 10.2. The van der Waals surface area contributed by atoms with Crippen molar-refractivity contribution in [3.05, 3.63) is 54.1 Å². The van der Waals surface area contributed by atoms with E-state index in [1.165, 1.54) is 0 Å². The number of carbonyl (C=O) groups excluding carboxylic acids is 1. The largest absolute Gasteiger partial charge is 0.496 e. The van der Waals surface area contributed by atoms with Crippen molar-refractivity contribution in [3.8, 4) is 5.75 Å². The number of hydrogen-bond donors (Lipinski definition) is 0. The van der Waals surface area contributed by atoms with Gasteiger partial charge in [-0.25, -0.2) is 0 Å². The minimum Gasteiger partial charge on any atom is -0.496 e. The third-order valence-corrected chi connectivity index (χ3v) is 3.36. The second kappa shape index (κ2) is 5.55. The molecular formula is C14H12O2S. The van der Waals surface area contributed by atoms with Crippen molar-refractivity contribution in [1.82, 2.24) is 0 Å². The number of rotatable bonds is 4. The van der Waals surface area contributed by atoms with Crippen molar-refractivity contribution >= 4 is 18.0 Å². The fraction of sp³-hybridized carbons (Fsp3) is 0.0714. The number of benzene rings is 2. The third kappa shape index (κ3) is 2.88. The van der Waals surface area contributed by atoms with E-state index in [4.69, 9.17) is 4.74 Å². The fourth-order valence-corrected chi connectivity index (χ4v) is 2.38. The molecular weight excluding hydrogens is 232 g/mol. The minimum absolute atomic E-state index is 0.624. The van der Waals surface area contributed by atoms with Gasteiger partial charge in [-0.2, -0.15) is 0 Å². The zero-order chi connectivity index (χ0) is 12.1. The smallest absolute Gasteiger partial charge is 0.150 e. The van der Waals surface area contributed by atoms with E-state index >= 15 is 0 Å². The highest BCUT2D eigenvalue weighted by molar-refractivity contribution is 7.99. The first-order valence-corrected chi connectivity index (χ1v) is 6.01. The fourth-order valence-electron chi connectivity index (χ4n) is 1.46. The lowest BCUT2D eigenvalue weighted by Crippen LogP contribution is -1.88. The average Bonchev–Trinajstić information content (AvgIpc) is 2.40. The molecule has 0 fully saturated rings. The highest BCUT2D eigenvalue weighted by Gasteiger charge is 2.05. The average molecular weight is 244 g/mol. The maximum absolute atomic E-state index is 10.7. The number of methoxy groups -OCH3 is 1. The molecule has 2 aromatic carbocycles. The second-order valence-electron chi connectivity index (χ2n) is 3.44. The Balaban J connectivity index is 2.29. The summed E-state index contributed by atoms with van der Waals surface area (Å²) < 4.78 is 5.28. The molecule has 0 unspecified atom stereocenters. The summed E-state index contributed by atoms with van der Waals surface area (Å²) in [7, 11) is 1.61. The molecule has 0 amide bonds. The van der Waals surface area contributed by atoms with Crippen LogP contribution in [0.5, 0.6) is 5.75 Å². The van der Waals surface area contributed by atoms with E-state index in [1.807, 2.05) is 36.4 Å². The van der Waals surface area contributed by atoms with Crippen molar-refractivity contribution < 1.29 is 9.53 Å². The lowest BCUT2D eigenvalue weighted by Gasteiger charge is -2.08. The summed E-state index contributed by atoms with van der Waals surface area (Å²) in [5, 5.41) is 0. The van der Waals surface area contributed by atoms with Crippen molar-refractivity contribution in [2.45, 2.75) is 9.79 Å². The van der Waals surface area contributed by atoms with Crippen molar-refractivity contribution in [2.24, 2.45) is 0 Å². The SMILES string of the molecule is COc1cc(C=O)ccc1Sc1ccccc1. The van der Waals surface area contributed by atoms with E-state index in [2.05, 4.69) is 0 Å². The van der Waals surface area contributed by atoms with Crippen molar-refractivity contribution in [3.63, 3.8) is 0 Å².